The molecule has 1 saturated heterocycles. The number of piperidine rings is 1. The van der Waals surface area contributed by atoms with Crippen molar-refractivity contribution in [3.8, 4) is 0 Å². The van der Waals surface area contributed by atoms with Crippen LogP contribution in [0.5, 0.6) is 0 Å². The fraction of sp³-hybridized carbons (Fsp3) is 0.455. The molecule has 0 aliphatic carbocycles. The standard InChI is InChI=1S/C11H14ClNO/c12-9-5-3-8(4-6-9)11-10(14)2-1-7-13-11/h3-6,10-11,13-14H,1-2,7H2/t10-,11-/m0/s1. The van der Waals surface area contributed by atoms with Crippen LogP contribution in [-0.2, 0) is 0 Å². The molecule has 1 fully saturated rings. The lowest BCUT2D eigenvalue weighted by Gasteiger charge is -2.29. The van der Waals surface area contributed by atoms with Crippen LogP contribution in [0.3, 0.4) is 0 Å². The van der Waals surface area contributed by atoms with E-state index in [0.29, 0.717) is 0 Å². The highest BCUT2D eigenvalue weighted by Crippen LogP contribution is 2.24. The monoisotopic (exact) mass is 211 g/mol. The first-order chi connectivity index (χ1) is 6.77. The lowest BCUT2D eigenvalue weighted by Crippen LogP contribution is -2.37. The van der Waals surface area contributed by atoms with Gasteiger partial charge in [0.05, 0.1) is 12.1 Å². The maximum Gasteiger partial charge on any atom is 0.0735 e. The average Bonchev–Trinajstić information content (AvgIpc) is 2.20. The Labute approximate surface area is 88.9 Å². The van der Waals surface area contributed by atoms with Gasteiger partial charge in [-0.3, -0.25) is 0 Å². The summed E-state index contributed by atoms with van der Waals surface area (Å²) >= 11 is 5.80. The minimum atomic E-state index is -0.273. The molecule has 0 saturated carbocycles. The molecule has 1 heterocycles. The van der Waals surface area contributed by atoms with Crippen LogP contribution in [-0.4, -0.2) is 17.8 Å². The first-order valence-corrected chi connectivity index (χ1v) is 5.32. The normalized spacial score (nSPS) is 27.6. The van der Waals surface area contributed by atoms with Crippen LogP contribution in [0.15, 0.2) is 24.3 Å². The predicted molar refractivity (Wildman–Crippen MR) is 57.4 cm³/mol. The maximum absolute atomic E-state index is 9.80. The molecule has 1 aliphatic rings. The van der Waals surface area contributed by atoms with Crippen LogP contribution in [0.2, 0.25) is 5.02 Å². The molecule has 0 aromatic heterocycles. The Hall–Kier alpha value is -0.570. The molecule has 76 valence electrons. The summed E-state index contributed by atoms with van der Waals surface area (Å²) in [7, 11) is 0. The number of halogens is 1. The summed E-state index contributed by atoms with van der Waals surface area (Å²) in [5.74, 6) is 0. The van der Waals surface area contributed by atoms with Crippen molar-refractivity contribution < 1.29 is 5.11 Å². The van der Waals surface area contributed by atoms with Gasteiger partial charge in [-0.1, -0.05) is 23.7 Å². The van der Waals surface area contributed by atoms with E-state index >= 15 is 0 Å². The number of aliphatic hydroxyl groups is 1. The molecule has 2 N–H and O–H groups in total. The molecule has 0 spiro atoms. The number of hydrogen-bond acceptors (Lipinski definition) is 2. The van der Waals surface area contributed by atoms with E-state index in [4.69, 9.17) is 11.6 Å². The fourth-order valence-corrected chi connectivity index (χ4v) is 2.01. The van der Waals surface area contributed by atoms with E-state index in [0.717, 1.165) is 30.0 Å². The van der Waals surface area contributed by atoms with Crippen molar-refractivity contribution in [2.75, 3.05) is 6.54 Å². The molecular formula is C11H14ClNO. The Morgan fingerprint density at radius 1 is 1.29 bits per heavy atom. The van der Waals surface area contributed by atoms with Gasteiger partial charge in [-0.2, -0.15) is 0 Å². The minimum Gasteiger partial charge on any atom is -0.391 e. The zero-order valence-corrected chi connectivity index (χ0v) is 8.67. The number of nitrogens with one attached hydrogen (secondary N) is 1. The van der Waals surface area contributed by atoms with Gasteiger partial charge in [0.2, 0.25) is 0 Å². The molecule has 1 aliphatic heterocycles. The summed E-state index contributed by atoms with van der Waals surface area (Å²) in [5.41, 5.74) is 1.11. The molecule has 1 aromatic rings. The van der Waals surface area contributed by atoms with Crippen molar-refractivity contribution in [1.29, 1.82) is 0 Å². The zero-order chi connectivity index (χ0) is 9.97. The highest BCUT2D eigenvalue weighted by molar-refractivity contribution is 6.30. The summed E-state index contributed by atoms with van der Waals surface area (Å²) in [6.45, 7) is 0.977. The van der Waals surface area contributed by atoms with Crippen molar-refractivity contribution in [2.24, 2.45) is 0 Å². The Balaban J connectivity index is 2.16. The molecule has 1 aromatic carbocycles. The van der Waals surface area contributed by atoms with Crippen molar-refractivity contribution in [2.45, 2.75) is 25.0 Å². The highest BCUT2D eigenvalue weighted by atomic mass is 35.5. The van der Waals surface area contributed by atoms with Crippen LogP contribution in [0.1, 0.15) is 24.4 Å². The van der Waals surface area contributed by atoms with Crippen molar-refractivity contribution in [3.63, 3.8) is 0 Å². The van der Waals surface area contributed by atoms with Gasteiger partial charge in [0.15, 0.2) is 0 Å². The van der Waals surface area contributed by atoms with Crippen LogP contribution >= 0.6 is 11.6 Å². The average molecular weight is 212 g/mol. The van der Waals surface area contributed by atoms with Gasteiger partial charge in [0.1, 0.15) is 0 Å². The van der Waals surface area contributed by atoms with Gasteiger partial charge in [0.25, 0.3) is 0 Å². The largest absolute Gasteiger partial charge is 0.391 e. The third-order valence-electron chi connectivity index (χ3n) is 2.65. The SMILES string of the molecule is O[C@H]1CCCN[C@H]1c1ccc(Cl)cc1. The summed E-state index contributed by atoms with van der Waals surface area (Å²) in [6, 6.07) is 7.73. The van der Waals surface area contributed by atoms with E-state index in [2.05, 4.69) is 5.32 Å². The minimum absolute atomic E-state index is 0.0704. The molecule has 0 bridgehead atoms. The summed E-state index contributed by atoms with van der Waals surface area (Å²) < 4.78 is 0. The maximum atomic E-state index is 9.80. The second-order valence-corrected chi connectivity index (χ2v) is 4.13. The third-order valence-corrected chi connectivity index (χ3v) is 2.91. The van der Waals surface area contributed by atoms with Crippen molar-refractivity contribution in [1.82, 2.24) is 5.32 Å². The Morgan fingerprint density at radius 2 is 2.00 bits per heavy atom. The Kier molecular flexibility index (Phi) is 3.06. The molecule has 2 rings (SSSR count). The van der Waals surface area contributed by atoms with Crippen LogP contribution in [0.4, 0.5) is 0 Å². The highest BCUT2D eigenvalue weighted by Gasteiger charge is 2.23. The van der Waals surface area contributed by atoms with Crippen LogP contribution < -0.4 is 5.32 Å². The predicted octanol–water partition coefficient (Wildman–Crippen LogP) is 2.13. The number of hydrogen-bond donors (Lipinski definition) is 2. The Morgan fingerprint density at radius 3 is 2.64 bits per heavy atom. The van der Waals surface area contributed by atoms with Crippen molar-refractivity contribution >= 4 is 11.6 Å². The summed E-state index contributed by atoms with van der Waals surface area (Å²) in [6.07, 6.45) is 1.65. The van der Waals surface area contributed by atoms with Crippen LogP contribution in [0.25, 0.3) is 0 Å². The van der Waals surface area contributed by atoms with Crippen molar-refractivity contribution in [3.05, 3.63) is 34.9 Å². The molecule has 2 nitrogen and oxygen atoms in total. The topological polar surface area (TPSA) is 32.3 Å². The van der Waals surface area contributed by atoms with Gasteiger partial charge in [-0.25, -0.2) is 0 Å². The van der Waals surface area contributed by atoms with E-state index in [1.54, 1.807) is 0 Å². The second kappa shape index (κ2) is 4.30. The van der Waals surface area contributed by atoms with E-state index in [-0.39, 0.29) is 12.1 Å². The van der Waals surface area contributed by atoms with Gasteiger partial charge < -0.3 is 10.4 Å². The number of rotatable bonds is 1. The third kappa shape index (κ3) is 2.08. The number of aliphatic hydroxyl groups excluding tert-OH is 1. The smallest absolute Gasteiger partial charge is 0.0735 e. The zero-order valence-electron chi connectivity index (χ0n) is 7.91. The van der Waals surface area contributed by atoms with Gasteiger partial charge in [-0.05, 0) is 37.1 Å². The molecule has 0 unspecified atom stereocenters. The first-order valence-electron chi connectivity index (χ1n) is 4.94. The van der Waals surface area contributed by atoms with Gasteiger partial charge in [0, 0.05) is 5.02 Å². The summed E-state index contributed by atoms with van der Waals surface area (Å²) in [4.78, 5) is 0. The van der Waals surface area contributed by atoms with E-state index < -0.39 is 0 Å². The lowest BCUT2D eigenvalue weighted by molar-refractivity contribution is 0.0965. The summed E-state index contributed by atoms with van der Waals surface area (Å²) in [5, 5.41) is 13.8. The lowest BCUT2D eigenvalue weighted by atomic mass is 9.95. The molecule has 3 heteroatoms. The second-order valence-electron chi connectivity index (χ2n) is 3.69. The first kappa shape index (κ1) is 9.97. The van der Waals surface area contributed by atoms with Gasteiger partial charge in [-0.15, -0.1) is 0 Å². The van der Waals surface area contributed by atoms with Crippen LogP contribution in [0, 0.1) is 0 Å². The van der Waals surface area contributed by atoms with E-state index in [9.17, 15) is 5.11 Å². The van der Waals surface area contributed by atoms with Gasteiger partial charge >= 0.3 is 0 Å². The van der Waals surface area contributed by atoms with E-state index in [1.807, 2.05) is 24.3 Å². The Bertz CT molecular complexity index is 299. The molecular weight excluding hydrogens is 198 g/mol. The molecule has 2 atom stereocenters. The molecule has 0 amide bonds. The fourth-order valence-electron chi connectivity index (χ4n) is 1.88. The number of benzene rings is 1. The molecule has 14 heavy (non-hydrogen) atoms. The quantitative estimate of drug-likeness (QED) is 0.746. The molecule has 0 radical (unpaired) electrons. The van der Waals surface area contributed by atoms with E-state index in [1.165, 1.54) is 0 Å².